The lowest BCUT2D eigenvalue weighted by Crippen LogP contribution is -2.55. The molecule has 0 aliphatic carbocycles. The second kappa shape index (κ2) is 4.21. The summed E-state index contributed by atoms with van der Waals surface area (Å²) >= 11 is 0. The lowest BCUT2D eigenvalue weighted by molar-refractivity contribution is 0.0307. The molecule has 1 N–H and O–H groups in total. The fraction of sp³-hybridized carbons (Fsp3) is 1.00. The van der Waals surface area contributed by atoms with E-state index in [9.17, 15) is 0 Å². The smallest absolute Gasteiger partial charge is 0.0599 e. The van der Waals surface area contributed by atoms with Crippen molar-refractivity contribution in [1.29, 1.82) is 0 Å². The van der Waals surface area contributed by atoms with Gasteiger partial charge in [-0.15, -0.1) is 0 Å². The maximum absolute atomic E-state index is 9.16. The molecule has 0 unspecified atom stereocenters. The minimum Gasteiger partial charge on any atom is -0.395 e. The fourth-order valence-corrected chi connectivity index (χ4v) is 1.87. The van der Waals surface area contributed by atoms with Crippen molar-refractivity contribution in [3.63, 3.8) is 0 Å². The Kier molecular flexibility index (Phi) is 3.50. The molecular formula is C9H20N2O. The van der Waals surface area contributed by atoms with Crippen LogP contribution in [0.1, 0.15) is 13.8 Å². The van der Waals surface area contributed by atoms with Gasteiger partial charge in [0.05, 0.1) is 6.61 Å². The zero-order valence-electron chi connectivity index (χ0n) is 8.32. The highest BCUT2D eigenvalue weighted by atomic mass is 16.3. The first-order chi connectivity index (χ1) is 5.65. The van der Waals surface area contributed by atoms with Crippen molar-refractivity contribution in [3.05, 3.63) is 0 Å². The van der Waals surface area contributed by atoms with Crippen molar-refractivity contribution in [3.8, 4) is 0 Å². The number of aliphatic hydroxyl groups excluding tert-OH is 1. The molecule has 3 nitrogen and oxygen atoms in total. The Morgan fingerprint density at radius 2 is 2.08 bits per heavy atom. The maximum atomic E-state index is 9.16. The quantitative estimate of drug-likeness (QED) is 0.635. The zero-order chi connectivity index (χ0) is 9.14. The summed E-state index contributed by atoms with van der Waals surface area (Å²) in [6, 6.07) is 0.889. The summed E-state index contributed by atoms with van der Waals surface area (Å²) < 4.78 is 0. The van der Waals surface area contributed by atoms with Crippen molar-refractivity contribution in [2.24, 2.45) is 0 Å². The molecule has 1 aliphatic rings. The molecule has 12 heavy (non-hydrogen) atoms. The standard InChI is InChI=1S/C9H20N2O/c1-8(2)11-5-4-10(3)6-9(11)7-12/h8-9,12H,4-7H2,1-3H3/t9-/m1/s1. The molecule has 0 bridgehead atoms. The molecule has 1 saturated heterocycles. The van der Waals surface area contributed by atoms with Gasteiger partial charge in [-0.2, -0.15) is 0 Å². The number of aliphatic hydroxyl groups is 1. The fourth-order valence-electron chi connectivity index (χ4n) is 1.87. The van der Waals surface area contributed by atoms with Crippen molar-refractivity contribution in [2.45, 2.75) is 25.9 Å². The van der Waals surface area contributed by atoms with E-state index in [1.165, 1.54) is 0 Å². The molecule has 0 aromatic carbocycles. The zero-order valence-corrected chi connectivity index (χ0v) is 8.32. The van der Waals surface area contributed by atoms with E-state index in [-0.39, 0.29) is 6.61 Å². The van der Waals surface area contributed by atoms with E-state index < -0.39 is 0 Å². The second-order valence-electron chi connectivity index (χ2n) is 3.93. The first-order valence-electron chi connectivity index (χ1n) is 4.70. The molecule has 1 atom stereocenters. The van der Waals surface area contributed by atoms with Gasteiger partial charge in [-0.1, -0.05) is 0 Å². The topological polar surface area (TPSA) is 26.7 Å². The SMILES string of the molecule is CC(C)N1CCN(C)C[C@@H]1CO. The van der Waals surface area contributed by atoms with E-state index in [0.717, 1.165) is 19.6 Å². The van der Waals surface area contributed by atoms with Crippen LogP contribution in [-0.2, 0) is 0 Å². The van der Waals surface area contributed by atoms with Crippen LogP contribution in [0.2, 0.25) is 0 Å². The van der Waals surface area contributed by atoms with Crippen LogP contribution >= 0.6 is 0 Å². The Bertz CT molecular complexity index is 138. The molecule has 0 saturated carbocycles. The highest BCUT2D eigenvalue weighted by Crippen LogP contribution is 2.11. The van der Waals surface area contributed by atoms with Crippen molar-refractivity contribution >= 4 is 0 Å². The first-order valence-corrected chi connectivity index (χ1v) is 4.70. The number of likely N-dealkylation sites (N-methyl/N-ethyl adjacent to an activating group) is 1. The molecule has 0 aromatic heterocycles. The highest BCUT2D eigenvalue weighted by Gasteiger charge is 2.25. The minimum absolute atomic E-state index is 0.280. The average molecular weight is 172 g/mol. The molecule has 0 radical (unpaired) electrons. The largest absolute Gasteiger partial charge is 0.395 e. The molecule has 1 heterocycles. The Morgan fingerprint density at radius 1 is 1.42 bits per heavy atom. The summed E-state index contributed by atoms with van der Waals surface area (Å²) in [4.78, 5) is 4.65. The van der Waals surface area contributed by atoms with Gasteiger partial charge < -0.3 is 10.0 Å². The lowest BCUT2D eigenvalue weighted by atomic mass is 10.1. The Hall–Kier alpha value is -0.120. The van der Waals surface area contributed by atoms with E-state index in [1.54, 1.807) is 0 Å². The summed E-state index contributed by atoms with van der Waals surface area (Å²) in [6.45, 7) is 7.85. The van der Waals surface area contributed by atoms with Crippen LogP contribution in [0.5, 0.6) is 0 Å². The van der Waals surface area contributed by atoms with Crippen LogP contribution < -0.4 is 0 Å². The molecule has 1 rings (SSSR count). The number of hydrogen-bond acceptors (Lipinski definition) is 3. The minimum atomic E-state index is 0.280. The third-order valence-electron chi connectivity index (χ3n) is 2.61. The van der Waals surface area contributed by atoms with Gasteiger partial charge in [0, 0.05) is 31.7 Å². The number of piperazine rings is 1. The first kappa shape index (κ1) is 9.96. The van der Waals surface area contributed by atoms with Crippen molar-refractivity contribution < 1.29 is 5.11 Å². The maximum Gasteiger partial charge on any atom is 0.0599 e. The van der Waals surface area contributed by atoms with Gasteiger partial charge in [0.2, 0.25) is 0 Å². The van der Waals surface area contributed by atoms with Gasteiger partial charge in [-0.05, 0) is 20.9 Å². The third-order valence-corrected chi connectivity index (χ3v) is 2.61. The number of nitrogens with zero attached hydrogens (tertiary/aromatic N) is 2. The molecule has 72 valence electrons. The van der Waals surface area contributed by atoms with E-state index >= 15 is 0 Å². The summed E-state index contributed by atoms with van der Waals surface area (Å²) in [5.41, 5.74) is 0. The molecule has 3 heteroatoms. The Labute approximate surface area is 75.0 Å². The summed E-state index contributed by atoms with van der Waals surface area (Å²) in [7, 11) is 2.11. The van der Waals surface area contributed by atoms with Gasteiger partial charge in [0.1, 0.15) is 0 Å². The molecule has 1 fully saturated rings. The Balaban J connectivity index is 2.50. The predicted octanol–water partition coefficient (Wildman–Crippen LogP) is 0.00310. The monoisotopic (exact) mass is 172 g/mol. The van der Waals surface area contributed by atoms with Crippen LogP contribution in [-0.4, -0.2) is 60.3 Å². The third kappa shape index (κ3) is 2.19. The number of hydrogen-bond donors (Lipinski definition) is 1. The lowest BCUT2D eigenvalue weighted by Gasteiger charge is -2.41. The molecular weight excluding hydrogens is 152 g/mol. The molecule has 0 aromatic rings. The predicted molar refractivity (Wildman–Crippen MR) is 50.2 cm³/mol. The average Bonchev–Trinajstić information content (AvgIpc) is 2.03. The van der Waals surface area contributed by atoms with Crippen molar-refractivity contribution in [1.82, 2.24) is 9.80 Å². The van der Waals surface area contributed by atoms with E-state index in [1.807, 2.05) is 0 Å². The Morgan fingerprint density at radius 3 is 2.58 bits per heavy atom. The van der Waals surface area contributed by atoms with Crippen LogP contribution in [0, 0.1) is 0 Å². The summed E-state index contributed by atoms with van der Waals surface area (Å²) in [5, 5.41) is 9.16. The molecule has 0 amide bonds. The van der Waals surface area contributed by atoms with Crippen LogP contribution in [0.3, 0.4) is 0 Å². The molecule has 1 aliphatic heterocycles. The number of rotatable bonds is 2. The van der Waals surface area contributed by atoms with Gasteiger partial charge in [-0.25, -0.2) is 0 Å². The highest BCUT2D eigenvalue weighted by molar-refractivity contribution is 4.81. The van der Waals surface area contributed by atoms with E-state index in [4.69, 9.17) is 5.11 Å². The summed E-state index contributed by atoms with van der Waals surface area (Å²) in [5.74, 6) is 0. The van der Waals surface area contributed by atoms with Gasteiger partial charge in [0.15, 0.2) is 0 Å². The van der Waals surface area contributed by atoms with E-state index in [2.05, 4.69) is 30.7 Å². The van der Waals surface area contributed by atoms with Gasteiger partial charge in [0.25, 0.3) is 0 Å². The normalized spacial score (nSPS) is 28.2. The summed E-state index contributed by atoms with van der Waals surface area (Å²) in [6.07, 6.45) is 0. The second-order valence-corrected chi connectivity index (χ2v) is 3.93. The van der Waals surface area contributed by atoms with Crippen LogP contribution in [0.15, 0.2) is 0 Å². The van der Waals surface area contributed by atoms with E-state index in [0.29, 0.717) is 12.1 Å². The van der Waals surface area contributed by atoms with Crippen LogP contribution in [0.25, 0.3) is 0 Å². The molecule has 0 spiro atoms. The van der Waals surface area contributed by atoms with Gasteiger partial charge >= 0.3 is 0 Å². The van der Waals surface area contributed by atoms with Crippen LogP contribution in [0.4, 0.5) is 0 Å². The van der Waals surface area contributed by atoms with Gasteiger partial charge in [-0.3, -0.25) is 4.90 Å². The van der Waals surface area contributed by atoms with Crippen molar-refractivity contribution in [2.75, 3.05) is 33.3 Å².